The molecule has 1 aromatic heterocycles. The van der Waals surface area contributed by atoms with Gasteiger partial charge in [0.15, 0.2) is 11.5 Å². The van der Waals surface area contributed by atoms with E-state index in [1.165, 1.54) is 0 Å². The molecule has 0 aliphatic carbocycles. The van der Waals surface area contributed by atoms with Crippen molar-refractivity contribution in [3.05, 3.63) is 18.0 Å². The van der Waals surface area contributed by atoms with Crippen LogP contribution in [0.15, 0.2) is 12.1 Å². The van der Waals surface area contributed by atoms with Gasteiger partial charge in [-0.25, -0.2) is 4.98 Å². The Labute approximate surface area is 118 Å². The second-order valence-electron chi connectivity index (χ2n) is 4.36. The Morgan fingerprint density at radius 1 is 1.21 bits per heavy atom. The molecule has 0 amide bonds. The van der Waals surface area contributed by atoms with Crippen LogP contribution in [0, 0.1) is 0 Å². The van der Waals surface area contributed by atoms with E-state index in [0.717, 1.165) is 36.2 Å². The number of alkyl halides is 1. The molecule has 0 atom stereocenters. The number of aryl methyl sites for hydroxylation is 1. The van der Waals surface area contributed by atoms with Crippen LogP contribution in [0.3, 0.4) is 0 Å². The van der Waals surface area contributed by atoms with E-state index in [2.05, 4.69) is 16.5 Å². The van der Waals surface area contributed by atoms with Crippen molar-refractivity contribution in [1.82, 2.24) is 9.55 Å². The number of methoxy groups -OCH3 is 2. The van der Waals surface area contributed by atoms with E-state index in [0.29, 0.717) is 17.4 Å². The first-order valence-electron chi connectivity index (χ1n) is 6.42. The van der Waals surface area contributed by atoms with Crippen LogP contribution in [-0.2, 0) is 12.4 Å². The molecule has 1 heterocycles. The molecule has 0 N–H and O–H groups in total. The molecule has 2 aromatic rings. The third-order valence-electron chi connectivity index (χ3n) is 3.19. The maximum atomic E-state index is 5.98. The fraction of sp³-hybridized carbons (Fsp3) is 0.500. The lowest BCUT2D eigenvalue weighted by atomic mass is 10.2. The number of fused-ring (bicyclic) bond motifs is 1. The van der Waals surface area contributed by atoms with Crippen LogP contribution in [0.5, 0.6) is 11.5 Å². The quantitative estimate of drug-likeness (QED) is 0.760. The second-order valence-corrected chi connectivity index (χ2v) is 4.63. The SMILES string of the molecule is CCCCn1c(CCl)nc2cc(OC)c(OC)cc21. The first kappa shape index (κ1) is 14.0. The minimum Gasteiger partial charge on any atom is -0.493 e. The molecule has 0 saturated heterocycles. The fourth-order valence-electron chi connectivity index (χ4n) is 2.17. The van der Waals surface area contributed by atoms with E-state index in [1.54, 1.807) is 14.2 Å². The molecule has 0 saturated carbocycles. The number of rotatable bonds is 6. The van der Waals surface area contributed by atoms with Crippen LogP contribution in [0.4, 0.5) is 0 Å². The summed E-state index contributed by atoms with van der Waals surface area (Å²) in [5, 5.41) is 0. The molecule has 0 spiro atoms. The standard InChI is InChI=1S/C14H19ClN2O2/c1-4-5-6-17-11-8-13(19-3)12(18-2)7-10(11)16-14(17)9-15/h7-8H,4-6,9H2,1-3H3. The van der Waals surface area contributed by atoms with Crippen LogP contribution in [-0.4, -0.2) is 23.8 Å². The van der Waals surface area contributed by atoms with Crippen molar-refractivity contribution >= 4 is 22.6 Å². The van der Waals surface area contributed by atoms with Gasteiger partial charge >= 0.3 is 0 Å². The van der Waals surface area contributed by atoms with Crippen molar-refractivity contribution in [2.75, 3.05) is 14.2 Å². The highest BCUT2D eigenvalue weighted by Crippen LogP contribution is 2.32. The molecule has 0 aliphatic rings. The first-order valence-corrected chi connectivity index (χ1v) is 6.95. The number of halogens is 1. The van der Waals surface area contributed by atoms with Gasteiger partial charge in [0.1, 0.15) is 5.82 Å². The first-order chi connectivity index (χ1) is 9.24. The van der Waals surface area contributed by atoms with Gasteiger partial charge in [0.05, 0.1) is 31.1 Å². The van der Waals surface area contributed by atoms with Crippen molar-refractivity contribution in [3.63, 3.8) is 0 Å². The number of unbranched alkanes of at least 4 members (excludes halogenated alkanes) is 1. The minimum absolute atomic E-state index is 0.406. The highest BCUT2D eigenvalue weighted by molar-refractivity contribution is 6.16. The van der Waals surface area contributed by atoms with Crippen molar-refractivity contribution < 1.29 is 9.47 Å². The average Bonchev–Trinajstić information content (AvgIpc) is 2.80. The van der Waals surface area contributed by atoms with E-state index in [1.807, 2.05) is 12.1 Å². The molecule has 0 radical (unpaired) electrons. The van der Waals surface area contributed by atoms with Gasteiger partial charge in [-0.05, 0) is 6.42 Å². The van der Waals surface area contributed by atoms with Gasteiger partial charge in [-0.1, -0.05) is 13.3 Å². The van der Waals surface area contributed by atoms with Gasteiger partial charge < -0.3 is 14.0 Å². The van der Waals surface area contributed by atoms with Crippen molar-refractivity contribution in [2.45, 2.75) is 32.2 Å². The molecule has 0 fully saturated rings. The Hall–Kier alpha value is -1.42. The predicted molar refractivity (Wildman–Crippen MR) is 77.3 cm³/mol. The van der Waals surface area contributed by atoms with Crippen LogP contribution < -0.4 is 9.47 Å². The highest BCUT2D eigenvalue weighted by Gasteiger charge is 2.14. The smallest absolute Gasteiger partial charge is 0.163 e. The van der Waals surface area contributed by atoms with E-state index in [-0.39, 0.29) is 0 Å². The van der Waals surface area contributed by atoms with Crippen LogP contribution in [0.25, 0.3) is 11.0 Å². The topological polar surface area (TPSA) is 36.3 Å². The average molecular weight is 283 g/mol. The zero-order chi connectivity index (χ0) is 13.8. The fourth-order valence-corrected chi connectivity index (χ4v) is 2.37. The summed E-state index contributed by atoms with van der Waals surface area (Å²) in [6, 6.07) is 3.86. The molecule has 19 heavy (non-hydrogen) atoms. The maximum Gasteiger partial charge on any atom is 0.163 e. The van der Waals surface area contributed by atoms with Crippen LogP contribution in [0.2, 0.25) is 0 Å². The van der Waals surface area contributed by atoms with Gasteiger partial charge in [0.25, 0.3) is 0 Å². The number of hydrogen-bond acceptors (Lipinski definition) is 3. The Kier molecular flexibility index (Phi) is 4.53. The zero-order valence-electron chi connectivity index (χ0n) is 11.6. The van der Waals surface area contributed by atoms with Crippen LogP contribution >= 0.6 is 11.6 Å². The molecule has 2 rings (SSSR count). The number of nitrogens with zero attached hydrogens (tertiary/aromatic N) is 2. The summed E-state index contributed by atoms with van der Waals surface area (Å²) in [6.45, 7) is 3.09. The van der Waals surface area contributed by atoms with Crippen molar-refractivity contribution in [2.24, 2.45) is 0 Å². The van der Waals surface area contributed by atoms with Crippen molar-refractivity contribution in [3.8, 4) is 11.5 Å². The lowest BCUT2D eigenvalue weighted by molar-refractivity contribution is 0.355. The summed E-state index contributed by atoms with van der Waals surface area (Å²) in [4.78, 5) is 4.56. The Morgan fingerprint density at radius 3 is 2.47 bits per heavy atom. The number of hydrogen-bond donors (Lipinski definition) is 0. The Bertz CT molecular complexity index is 566. The summed E-state index contributed by atoms with van der Waals surface area (Å²) in [5.41, 5.74) is 1.94. The largest absolute Gasteiger partial charge is 0.493 e. The lowest BCUT2D eigenvalue weighted by Crippen LogP contribution is -2.02. The predicted octanol–water partition coefficient (Wildman–Crippen LogP) is 3.59. The lowest BCUT2D eigenvalue weighted by Gasteiger charge is -2.09. The van der Waals surface area contributed by atoms with Gasteiger partial charge in [-0.15, -0.1) is 11.6 Å². The number of benzene rings is 1. The molecule has 104 valence electrons. The van der Waals surface area contributed by atoms with E-state index in [9.17, 15) is 0 Å². The van der Waals surface area contributed by atoms with E-state index in [4.69, 9.17) is 21.1 Å². The molecular formula is C14H19ClN2O2. The van der Waals surface area contributed by atoms with Gasteiger partial charge in [0.2, 0.25) is 0 Å². The van der Waals surface area contributed by atoms with E-state index >= 15 is 0 Å². The monoisotopic (exact) mass is 282 g/mol. The third-order valence-corrected chi connectivity index (χ3v) is 3.43. The summed E-state index contributed by atoms with van der Waals surface area (Å²) in [5.74, 6) is 2.70. The van der Waals surface area contributed by atoms with Crippen LogP contribution in [0.1, 0.15) is 25.6 Å². The zero-order valence-corrected chi connectivity index (χ0v) is 12.3. The number of aromatic nitrogens is 2. The minimum atomic E-state index is 0.406. The van der Waals surface area contributed by atoms with Gasteiger partial charge in [0, 0.05) is 18.7 Å². The molecule has 1 aromatic carbocycles. The Morgan fingerprint density at radius 2 is 1.89 bits per heavy atom. The summed E-state index contributed by atoms with van der Waals surface area (Å²) >= 11 is 5.98. The molecule has 0 unspecified atom stereocenters. The summed E-state index contributed by atoms with van der Waals surface area (Å²) in [7, 11) is 3.26. The molecule has 4 nitrogen and oxygen atoms in total. The van der Waals surface area contributed by atoms with Crippen molar-refractivity contribution in [1.29, 1.82) is 0 Å². The summed E-state index contributed by atoms with van der Waals surface area (Å²) in [6.07, 6.45) is 2.23. The molecule has 5 heteroatoms. The van der Waals surface area contributed by atoms with E-state index < -0.39 is 0 Å². The second kappa shape index (κ2) is 6.15. The molecule has 0 aliphatic heterocycles. The third kappa shape index (κ3) is 2.63. The number of imidazole rings is 1. The molecule has 0 bridgehead atoms. The normalized spacial score (nSPS) is 10.9. The van der Waals surface area contributed by atoms with Gasteiger partial charge in [-0.3, -0.25) is 0 Å². The maximum absolute atomic E-state index is 5.98. The molecular weight excluding hydrogens is 264 g/mol. The highest BCUT2D eigenvalue weighted by atomic mass is 35.5. The number of ether oxygens (including phenoxy) is 2. The van der Waals surface area contributed by atoms with Gasteiger partial charge in [-0.2, -0.15) is 0 Å². The Balaban J connectivity index is 2.57. The summed E-state index contributed by atoms with van der Waals surface area (Å²) < 4.78 is 12.8.